The summed E-state index contributed by atoms with van der Waals surface area (Å²) in [5.41, 5.74) is 3.00. The zero-order chi connectivity index (χ0) is 20.9. The lowest BCUT2D eigenvalue weighted by Gasteiger charge is -2.10. The van der Waals surface area contributed by atoms with Gasteiger partial charge in [0, 0.05) is 17.0 Å². The van der Waals surface area contributed by atoms with Gasteiger partial charge in [-0.05, 0) is 42.3 Å². The van der Waals surface area contributed by atoms with Crippen LogP contribution in [-0.4, -0.2) is 5.97 Å². The maximum absolute atomic E-state index is 12.5. The van der Waals surface area contributed by atoms with Gasteiger partial charge in [-0.3, -0.25) is 0 Å². The minimum absolute atomic E-state index is 0.0287. The molecular formula is C25H20O5. The van der Waals surface area contributed by atoms with E-state index in [-0.39, 0.29) is 6.61 Å². The van der Waals surface area contributed by atoms with E-state index in [2.05, 4.69) is 0 Å². The van der Waals surface area contributed by atoms with Gasteiger partial charge in [-0.15, -0.1) is 0 Å². The molecule has 0 saturated heterocycles. The van der Waals surface area contributed by atoms with Gasteiger partial charge in [0.1, 0.15) is 24.5 Å². The number of carbonyl (C=O) groups excluding carboxylic acids is 1. The van der Waals surface area contributed by atoms with Crippen LogP contribution in [-0.2, 0) is 18.0 Å². The Labute approximate surface area is 173 Å². The normalized spacial score (nSPS) is 10.7. The zero-order valence-electron chi connectivity index (χ0n) is 16.5. The third kappa shape index (κ3) is 4.58. The highest BCUT2D eigenvalue weighted by Gasteiger charge is 2.12. The summed E-state index contributed by atoms with van der Waals surface area (Å²) in [7, 11) is 0. The van der Waals surface area contributed by atoms with Crippen molar-refractivity contribution >= 4 is 16.9 Å². The second-order valence-corrected chi connectivity index (χ2v) is 6.97. The van der Waals surface area contributed by atoms with E-state index in [1.807, 2.05) is 49.4 Å². The van der Waals surface area contributed by atoms with E-state index in [0.29, 0.717) is 29.1 Å². The van der Waals surface area contributed by atoms with Crippen LogP contribution < -0.4 is 10.4 Å². The van der Waals surface area contributed by atoms with Crippen LogP contribution in [0.1, 0.15) is 27.0 Å². The predicted molar refractivity (Wildman–Crippen MR) is 114 cm³/mol. The molecule has 3 aromatic carbocycles. The fourth-order valence-corrected chi connectivity index (χ4v) is 3.14. The molecule has 5 heteroatoms. The standard InChI is InChI=1S/C25H20O5/c1-17-10-11-22-20(14-24(26)30-23(22)12-17)16-29-25(27)19-8-5-9-21(13-19)28-15-18-6-3-2-4-7-18/h2-14H,15-16H2,1H3. The van der Waals surface area contributed by atoms with Crippen LogP contribution in [0.2, 0.25) is 0 Å². The highest BCUT2D eigenvalue weighted by Crippen LogP contribution is 2.20. The van der Waals surface area contributed by atoms with Crippen LogP contribution >= 0.6 is 0 Å². The van der Waals surface area contributed by atoms with Crippen LogP contribution in [0.4, 0.5) is 0 Å². The molecule has 4 aromatic rings. The molecule has 5 nitrogen and oxygen atoms in total. The van der Waals surface area contributed by atoms with Gasteiger partial charge in [0.25, 0.3) is 0 Å². The fourth-order valence-electron chi connectivity index (χ4n) is 3.14. The number of ether oxygens (including phenoxy) is 2. The quantitative estimate of drug-likeness (QED) is 0.335. The summed E-state index contributed by atoms with van der Waals surface area (Å²) in [6, 6.07) is 23.5. The molecular weight excluding hydrogens is 380 g/mol. The smallest absolute Gasteiger partial charge is 0.338 e. The number of esters is 1. The van der Waals surface area contributed by atoms with E-state index in [4.69, 9.17) is 13.9 Å². The van der Waals surface area contributed by atoms with Crippen molar-refractivity contribution in [2.45, 2.75) is 20.1 Å². The monoisotopic (exact) mass is 400 g/mol. The third-order valence-corrected chi connectivity index (χ3v) is 4.66. The van der Waals surface area contributed by atoms with Gasteiger partial charge in [0.05, 0.1) is 5.56 Å². The summed E-state index contributed by atoms with van der Waals surface area (Å²) in [6.07, 6.45) is 0. The Hall–Kier alpha value is -3.86. The van der Waals surface area contributed by atoms with E-state index in [1.165, 1.54) is 6.07 Å². The van der Waals surface area contributed by atoms with Crippen molar-refractivity contribution in [3.8, 4) is 5.75 Å². The molecule has 0 aliphatic rings. The van der Waals surface area contributed by atoms with Crippen LogP contribution in [0.5, 0.6) is 5.75 Å². The van der Waals surface area contributed by atoms with Crippen molar-refractivity contribution in [3.63, 3.8) is 0 Å². The summed E-state index contributed by atoms with van der Waals surface area (Å²) in [5, 5.41) is 0.743. The largest absolute Gasteiger partial charge is 0.489 e. The first kappa shape index (κ1) is 19.5. The molecule has 4 rings (SSSR count). The molecule has 0 saturated carbocycles. The predicted octanol–water partition coefficient (Wildman–Crippen LogP) is 5.04. The van der Waals surface area contributed by atoms with E-state index < -0.39 is 11.6 Å². The first-order valence-electron chi connectivity index (χ1n) is 9.56. The van der Waals surface area contributed by atoms with Crippen LogP contribution in [0.3, 0.4) is 0 Å². The Balaban J connectivity index is 1.46. The number of fused-ring (bicyclic) bond motifs is 1. The summed E-state index contributed by atoms with van der Waals surface area (Å²) in [6.45, 7) is 2.29. The molecule has 0 atom stereocenters. The maximum Gasteiger partial charge on any atom is 0.338 e. The van der Waals surface area contributed by atoms with Gasteiger partial charge in [0.2, 0.25) is 0 Å². The van der Waals surface area contributed by atoms with Crippen molar-refractivity contribution in [3.05, 3.63) is 112 Å². The second-order valence-electron chi connectivity index (χ2n) is 6.97. The van der Waals surface area contributed by atoms with Crippen LogP contribution in [0.15, 0.2) is 88.1 Å². The van der Waals surface area contributed by atoms with Crippen molar-refractivity contribution in [1.82, 2.24) is 0 Å². The van der Waals surface area contributed by atoms with E-state index >= 15 is 0 Å². The van der Waals surface area contributed by atoms with Crippen molar-refractivity contribution in [2.24, 2.45) is 0 Å². The van der Waals surface area contributed by atoms with Crippen molar-refractivity contribution in [2.75, 3.05) is 0 Å². The fraction of sp³-hybridized carbons (Fsp3) is 0.120. The molecule has 1 aromatic heterocycles. The molecule has 1 heterocycles. The first-order valence-corrected chi connectivity index (χ1v) is 9.56. The molecule has 30 heavy (non-hydrogen) atoms. The molecule has 0 aliphatic heterocycles. The lowest BCUT2D eigenvalue weighted by atomic mass is 10.1. The lowest BCUT2D eigenvalue weighted by Crippen LogP contribution is -2.08. The summed E-state index contributed by atoms with van der Waals surface area (Å²) >= 11 is 0. The molecule has 0 bridgehead atoms. The number of hydrogen-bond donors (Lipinski definition) is 0. The molecule has 0 unspecified atom stereocenters. The van der Waals surface area contributed by atoms with Crippen molar-refractivity contribution in [1.29, 1.82) is 0 Å². The number of carbonyl (C=O) groups is 1. The molecule has 0 amide bonds. The number of aryl methyl sites for hydroxylation is 1. The lowest BCUT2D eigenvalue weighted by molar-refractivity contribution is 0.0473. The average molecular weight is 400 g/mol. The molecule has 0 radical (unpaired) electrons. The minimum Gasteiger partial charge on any atom is -0.489 e. The van der Waals surface area contributed by atoms with Gasteiger partial charge in [-0.1, -0.05) is 48.5 Å². The number of benzene rings is 3. The zero-order valence-corrected chi connectivity index (χ0v) is 16.5. The summed E-state index contributed by atoms with van der Waals surface area (Å²) < 4.78 is 16.5. The van der Waals surface area contributed by atoms with Crippen LogP contribution in [0.25, 0.3) is 11.0 Å². The number of hydrogen-bond acceptors (Lipinski definition) is 5. The van der Waals surface area contributed by atoms with Crippen LogP contribution in [0, 0.1) is 6.92 Å². The molecule has 0 N–H and O–H groups in total. The van der Waals surface area contributed by atoms with Gasteiger partial charge >= 0.3 is 11.6 Å². The van der Waals surface area contributed by atoms with Gasteiger partial charge < -0.3 is 13.9 Å². The Morgan fingerprint density at radius 2 is 1.73 bits per heavy atom. The van der Waals surface area contributed by atoms with Crippen molar-refractivity contribution < 1.29 is 18.7 Å². The Bertz CT molecular complexity index is 1240. The second kappa shape index (κ2) is 8.66. The minimum atomic E-state index is -0.492. The van der Waals surface area contributed by atoms with Gasteiger partial charge in [0.15, 0.2) is 0 Å². The van der Waals surface area contributed by atoms with E-state index in [9.17, 15) is 9.59 Å². The average Bonchev–Trinajstić information content (AvgIpc) is 2.76. The van der Waals surface area contributed by atoms with Gasteiger partial charge in [-0.25, -0.2) is 9.59 Å². The maximum atomic E-state index is 12.5. The van der Waals surface area contributed by atoms with E-state index in [0.717, 1.165) is 16.5 Å². The highest BCUT2D eigenvalue weighted by molar-refractivity contribution is 5.90. The van der Waals surface area contributed by atoms with E-state index in [1.54, 1.807) is 30.3 Å². The summed E-state index contributed by atoms with van der Waals surface area (Å²) in [5.74, 6) is 0.0863. The Morgan fingerprint density at radius 3 is 2.57 bits per heavy atom. The number of rotatable bonds is 6. The topological polar surface area (TPSA) is 65.7 Å². The molecule has 0 fully saturated rings. The molecule has 0 spiro atoms. The highest BCUT2D eigenvalue weighted by atomic mass is 16.5. The molecule has 150 valence electrons. The molecule has 0 aliphatic carbocycles. The first-order chi connectivity index (χ1) is 14.6. The van der Waals surface area contributed by atoms with Gasteiger partial charge in [-0.2, -0.15) is 0 Å². The Morgan fingerprint density at radius 1 is 0.900 bits per heavy atom. The Kier molecular flexibility index (Phi) is 5.61. The third-order valence-electron chi connectivity index (χ3n) is 4.66. The summed E-state index contributed by atoms with van der Waals surface area (Å²) in [4.78, 5) is 24.4. The SMILES string of the molecule is Cc1ccc2c(COC(=O)c3cccc(OCc4ccccc4)c3)cc(=O)oc2c1.